The van der Waals surface area contributed by atoms with Crippen molar-refractivity contribution in [2.24, 2.45) is 5.92 Å². The molecule has 3 heterocycles. The van der Waals surface area contributed by atoms with Gasteiger partial charge in [0.15, 0.2) is 0 Å². The van der Waals surface area contributed by atoms with Gasteiger partial charge in [0, 0.05) is 45.2 Å². The fourth-order valence-electron chi connectivity index (χ4n) is 4.85. The molecule has 0 bridgehead atoms. The van der Waals surface area contributed by atoms with Gasteiger partial charge in [-0.1, -0.05) is 6.07 Å². The van der Waals surface area contributed by atoms with E-state index < -0.39 is 0 Å². The second-order valence-electron chi connectivity index (χ2n) is 8.51. The first kappa shape index (κ1) is 20.2. The first-order chi connectivity index (χ1) is 14.1. The highest BCUT2D eigenvalue weighted by Gasteiger charge is 2.31. The number of hydrogen-bond donors (Lipinski definition) is 0. The van der Waals surface area contributed by atoms with Gasteiger partial charge >= 0.3 is 0 Å². The fraction of sp³-hybridized carbons (Fsp3) is 0.652. The molecule has 6 heteroatoms. The molecule has 0 aliphatic carbocycles. The number of rotatable bonds is 5. The number of carbonyl (C=O) groups excluding carboxylic acids is 2. The average Bonchev–Trinajstić information content (AvgIpc) is 3.28. The Kier molecular flexibility index (Phi) is 6.38. The van der Waals surface area contributed by atoms with E-state index in [1.807, 2.05) is 22.8 Å². The van der Waals surface area contributed by atoms with Gasteiger partial charge < -0.3 is 14.5 Å². The first-order valence-electron chi connectivity index (χ1n) is 11.2. The van der Waals surface area contributed by atoms with Crippen molar-refractivity contribution in [2.75, 3.05) is 45.9 Å². The number of likely N-dealkylation sites (tertiary alicyclic amines) is 2. The predicted octanol–water partition coefficient (Wildman–Crippen LogP) is 2.30. The monoisotopic (exact) mass is 399 g/mol. The molecular weight excluding hydrogens is 366 g/mol. The van der Waals surface area contributed by atoms with Crippen molar-refractivity contribution in [1.82, 2.24) is 14.7 Å². The Bertz CT molecular complexity index is 737. The van der Waals surface area contributed by atoms with Crippen molar-refractivity contribution in [2.45, 2.75) is 45.6 Å². The van der Waals surface area contributed by atoms with Gasteiger partial charge in [0.1, 0.15) is 5.75 Å². The van der Waals surface area contributed by atoms with Crippen molar-refractivity contribution < 1.29 is 14.3 Å². The maximum atomic E-state index is 12.8. The lowest BCUT2D eigenvalue weighted by Gasteiger charge is -2.35. The molecule has 1 aromatic carbocycles. The molecule has 3 aliphatic heterocycles. The van der Waals surface area contributed by atoms with Crippen LogP contribution in [0.5, 0.6) is 5.75 Å². The van der Waals surface area contributed by atoms with Crippen LogP contribution in [0.3, 0.4) is 0 Å². The minimum atomic E-state index is 0.107. The fourth-order valence-corrected chi connectivity index (χ4v) is 4.85. The molecule has 4 rings (SSSR count). The lowest BCUT2D eigenvalue weighted by Crippen LogP contribution is -2.47. The van der Waals surface area contributed by atoms with Gasteiger partial charge in [-0.3, -0.25) is 14.5 Å². The molecule has 0 N–H and O–H groups in total. The summed E-state index contributed by atoms with van der Waals surface area (Å²) in [6.45, 7) is 8.08. The van der Waals surface area contributed by atoms with Crippen molar-refractivity contribution in [3.8, 4) is 5.75 Å². The van der Waals surface area contributed by atoms with Gasteiger partial charge in [0.05, 0.1) is 13.2 Å². The molecule has 158 valence electrons. The van der Waals surface area contributed by atoms with E-state index in [9.17, 15) is 9.59 Å². The molecule has 2 saturated heterocycles. The Morgan fingerprint density at radius 2 is 1.76 bits per heavy atom. The summed E-state index contributed by atoms with van der Waals surface area (Å²) in [4.78, 5) is 31.6. The summed E-state index contributed by atoms with van der Waals surface area (Å²) in [5, 5.41) is 0. The molecule has 0 atom stereocenters. The number of amides is 2. The van der Waals surface area contributed by atoms with E-state index in [2.05, 4.69) is 17.0 Å². The summed E-state index contributed by atoms with van der Waals surface area (Å²) in [6.07, 6.45) is 4.85. The molecule has 0 spiro atoms. The SMILES string of the molecule is CCOc1ccc2c(c1)CN(CC(=O)N1CCC(C(=O)N3CCCC3)CC1)CC2. The van der Waals surface area contributed by atoms with Crippen LogP contribution in [0.25, 0.3) is 0 Å². The number of ether oxygens (including phenoxy) is 1. The normalized spacial score (nSPS) is 20.6. The van der Waals surface area contributed by atoms with Crippen LogP contribution in [0, 0.1) is 5.92 Å². The van der Waals surface area contributed by atoms with Gasteiger partial charge in [-0.2, -0.15) is 0 Å². The van der Waals surface area contributed by atoms with Gasteiger partial charge in [-0.05, 0) is 62.3 Å². The molecule has 0 radical (unpaired) electrons. The van der Waals surface area contributed by atoms with Gasteiger partial charge in [0.25, 0.3) is 0 Å². The summed E-state index contributed by atoms with van der Waals surface area (Å²) in [5.41, 5.74) is 2.63. The highest BCUT2D eigenvalue weighted by Crippen LogP contribution is 2.25. The molecule has 6 nitrogen and oxygen atoms in total. The van der Waals surface area contributed by atoms with Crippen molar-refractivity contribution in [1.29, 1.82) is 0 Å². The topological polar surface area (TPSA) is 53.1 Å². The van der Waals surface area contributed by atoms with Crippen LogP contribution in [0.15, 0.2) is 18.2 Å². The van der Waals surface area contributed by atoms with Crippen LogP contribution < -0.4 is 4.74 Å². The van der Waals surface area contributed by atoms with Gasteiger partial charge in [0.2, 0.25) is 11.8 Å². The molecule has 29 heavy (non-hydrogen) atoms. The van der Waals surface area contributed by atoms with E-state index in [0.717, 1.165) is 64.0 Å². The second kappa shape index (κ2) is 9.16. The number of carbonyl (C=O) groups is 2. The van der Waals surface area contributed by atoms with Crippen LogP contribution >= 0.6 is 0 Å². The minimum absolute atomic E-state index is 0.107. The van der Waals surface area contributed by atoms with E-state index in [1.165, 1.54) is 11.1 Å². The zero-order valence-corrected chi connectivity index (χ0v) is 17.6. The van der Waals surface area contributed by atoms with Crippen molar-refractivity contribution in [3.63, 3.8) is 0 Å². The summed E-state index contributed by atoms with van der Waals surface area (Å²) in [6, 6.07) is 6.31. The third-order valence-corrected chi connectivity index (χ3v) is 6.55. The van der Waals surface area contributed by atoms with Crippen LogP contribution in [0.1, 0.15) is 43.7 Å². The predicted molar refractivity (Wildman–Crippen MR) is 112 cm³/mol. The molecule has 2 amide bonds. The first-order valence-corrected chi connectivity index (χ1v) is 11.2. The summed E-state index contributed by atoms with van der Waals surface area (Å²) >= 11 is 0. The number of nitrogens with zero attached hydrogens (tertiary/aromatic N) is 3. The molecule has 1 aromatic rings. The standard InChI is InChI=1S/C23H33N3O3/c1-2-29-21-6-5-18-7-12-24(16-20(18)15-21)17-22(27)25-13-8-19(9-14-25)23(28)26-10-3-4-11-26/h5-6,15,19H,2-4,7-14,16-17H2,1H3. The van der Waals surface area contributed by atoms with E-state index >= 15 is 0 Å². The van der Waals surface area contributed by atoms with E-state index in [1.54, 1.807) is 0 Å². The Labute approximate surface area is 173 Å². The maximum Gasteiger partial charge on any atom is 0.236 e. The summed E-state index contributed by atoms with van der Waals surface area (Å²) in [5.74, 6) is 1.52. The van der Waals surface area contributed by atoms with E-state index in [0.29, 0.717) is 32.1 Å². The Balaban J connectivity index is 1.27. The second-order valence-corrected chi connectivity index (χ2v) is 8.51. The van der Waals surface area contributed by atoms with Crippen molar-refractivity contribution >= 4 is 11.8 Å². The highest BCUT2D eigenvalue weighted by molar-refractivity contribution is 5.81. The van der Waals surface area contributed by atoms with Crippen molar-refractivity contribution in [3.05, 3.63) is 29.3 Å². The molecule has 0 saturated carbocycles. The summed E-state index contributed by atoms with van der Waals surface area (Å²) < 4.78 is 5.62. The third-order valence-electron chi connectivity index (χ3n) is 6.55. The average molecular weight is 400 g/mol. The van der Waals surface area contributed by atoms with Crippen LogP contribution in [-0.4, -0.2) is 72.4 Å². The Morgan fingerprint density at radius 1 is 1.00 bits per heavy atom. The summed E-state index contributed by atoms with van der Waals surface area (Å²) in [7, 11) is 0. The zero-order valence-electron chi connectivity index (χ0n) is 17.6. The highest BCUT2D eigenvalue weighted by atomic mass is 16.5. The quantitative estimate of drug-likeness (QED) is 0.763. The van der Waals surface area contributed by atoms with Crippen LogP contribution in [-0.2, 0) is 22.6 Å². The van der Waals surface area contributed by atoms with Gasteiger partial charge in [-0.25, -0.2) is 0 Å². The molecule has 3 aliphatic rings. The molecular formula is C23H33N3O3. The number of hydrogen-bond acceptors (Lipinski definition) is 4. The molecule has 2 fully saturated rings. The molecule has 0 unspecified atom stereocenters. The lowest BCUT2D eigenvalue weighted by molar-refractivity contribution is -0.140. The smallest absolute Gasteiger partial charge is 0.236 e. The minimum Gasteiger partial charge on any atom is -0.494 e. The van der Waals surface area contributed by atoms with E-state index in [-0.39, 0.29) is 11.8 Å². The molecule has 0 aromatic heterocycles. The van der Waals surface area contributed by atoms with Crippen LogP contribution in [0.4, 0.5) is 0 Å². The number of benzene rings is 1. The van der Waals surface area contributed by atoms with Crippen LogP contribution in [0.2, 0.25) is 0 Å². The number of fused-ring (bicyclic) bond motifs is 1. The maximum absolute atomic E-state index is 12.8. The Hall–Kier alpha value is -2.08. The van der Waals surface area contributed by atoms with Gasteiger partial charge in [-0.15, -0.1) is 0 Å². The van der Waals surface area contributed by atoms with E-state index in [4.69, 9.17) is 4.74 Å². The zero-order chi connectivity index (χ0) is 20.2. The number of piperidine rings is 1. The Morgan fingerprint density at radius 3 is 2.48 bits per heavy atom. The third kappa shape index (κ3) is 4.74. The lowest BCUT2D eigenvalue weighted by atomic mass is 9.95. The largest absolute Gasteiger partial charge is 0.494 e.